The molecule has 0 heterocycles. The fourth-order valence-electron chi connectivity index (χ4n) is 2.03. The highest BCUT2D eigenvalue weighted by atomic mass is 16.3. The van der Waals surface area contributed by atoms with Crippen molar-refractivity contribution < 1.29 is 5.11 Å². The summed E-state index contributed by atoms with van der Waals surface area (Å²) >= 11 is 0. The molecule has 0 bridgehead atoms. The van der Waals surface area contributed by atoms with E-state index >= 15 is 0 Å². The van der Waals surface area contributed by atoms with Crippen molar-refractivity contribution >= 4 is 0 Å². The van der Waals surface area contributed by atoms with Gasteiger partial charge in [-0.15, -0.1) is 0 Å². The Morgan fingerprint density at radius 3 is 2.50 bits per heavy atom. The fourth-order valence-corrected chi connectivity index (χ4v) is 2.03. The first-order chi connectivity index (χ1) is 7.50. The van der Waals surface area contributed by atoms with Crippen LogP contribution in [-0.4, -0.2) is 11.2 Å². The average molecular weight is 220 g/mol. The number of hydrogen-bond donors (Lipinski definition) is 1. The van der Waals surface area contributed by atoms with E-state index in [9.17, 15) is 5.11 Å². The van der Waals surface area contributed by atoms with E-state index < -0.39 is 6.10 Å². The molecule has 0 amide bonds. The van der Waals surface area contributed by atoms with Gasteiger partial charge >= 0.3 is 0 Å². The Morgan fingerprint density at radius 1 is 1.25 bits per heavy atom. The van der Waals surface area contributed by atoms with Crippen molar-refractivity contribution in [1.29, 1.82) is 0 Å². The predicted octanol–water partition coefficient (Wildman–Crippen LogP) is 3.86. The fraction of sp³-hybridized carbons (Fsp3) is 0.600. The summed E-state index contributed by atoms with van der Waals surface area (Å²) in [7, 11) is 0. The van der Waals surface area contributed by atoms with E-state index in [4.69, 9.17) is 0 Å². The molecule has 1 heteroatoms. The molecule has 0 fully saturated rings. The maximum atomic E-state index is 9.85. The zero-order valence-corrected chi connectivity index (χ0v) is 10.6. The number of aliphatic hydroxyl groups is 1. The van der Waals surface area contributed by atoms with Gasteiger partial charge in [-0.3, -0.25) is 0 Å². The summed E-state index contributed by atoms with van der Waals surface area (Å²) in [6.45, 7) is 12.5. The van der Waals surface area contributed by atoms with Gasteiger partial charge in [0.1, 0.15) is 0 Å². The van der Waals surface area contributed by atoms with Crippen LogP contribution in [0.4, 0.5) is 0 Å². The molecule has 0 radical (unpaired) electrons. The summed E-state index contributed by atoms with van der Waals surface area (Å²) in [5.41, 5.74) is 2.09. The highest BCUT2D eigenvalue weighted by molar-refractivity contribution is 5.21. The van der Waals surface area contributed by atoms with Gasteiger partial charge in [0.05, 0.1) is 6.10 Å². The Hall–Kier alpha value is -0.820. The van der Waals surface area contributed by atoms with Gasteiger partial charge in [0.15, 0.2) is 0 Å². The molecule has 1 nitrogen and oxygen atoms in total. The molecule has 0 saturated heterocycles. The van der Waals surface area contributed by atoms with E-state index in [2.05, 4.69) is 33.1 Å². The zero-order chi connectivity index (χ0) is 12.1. The third-order valence-electron chi connectivity index (χ3n) is 3.44. The van der Waals surface area contributed by atoms with Gasteiger partial charge in [-0.2, -0.15) is 0 Å². The monoisotopic (exact) mass is 220 g/mol. The lowest BCUT2D eigenvalue weighted by atomic mass is 9.86. The topological polar surface area (TPSA) is 20.2 Å². The van der Waals surface area contributed by atoms with Crippen molar-refractivity contribution in [3.8, 4) is 0 Å². The predicted molar refractivity (Wildman–Crippen MR) is 70.2 cm³/mol. The van der Waals surface area contributed by atoms with Crippen molar-refractivity contribution in [3.05, 3.63) is 36.5 Å². The number of allylic oxidation sites excluding steroid dienone is 2. The van der Waals surface area contributed by atoms with E-state index in [1.54, 1.807) is 0 Å². The van der Waals surface area contributed by atoms with Crippen LogP contribution in [0.3, 0.4) is 0 Å². The van der Waals surface area contributed by atoms with Crippen LogP contribution < -0.4 is 0 Å². The number of rotatable bonds is 1. The van der Waals surface area contributed by atoms with E-state index in [0.717, 1.165) is 31.3 Å². The molecule has 0 aromatic heterocycles. The first-order valence-electron chi connectivity index (χ1n) is 6.22. The van der Waals surface area contributed by atoms with Crippen LogP contribution in [0.1, 0.15) is 39.5 Å². The smallest absolute Gasteiger partial charge is 0.0787 e. The molecule has 0 spiro atoms. The van der Waals surface area contributed by atoms with Crippen LogP contribution in [0.25, 0.3) is 0 Å². The molecule has 16 heavy (non-hydrogen) atoms. The molecule has 2 unspecified atom stereocenters. The molecule has 2 atom stereocenters. The van der Waals surface area contributed by atoms with Gasteiger partial charge in [-0.1, -0.05) is 44.7 Å². The minimum atomic E-state index is -0.404. The van der Waals surface area contributed by atoms with Crippen LogP contribution >= 0.6 is 0 Å². The van der Waals surface area contributed by atoms with E-state index in [1.807, 2.05) is 6.08 Å². The van der Waals surface area contributed by atoms with Crippen molar-refractivity contribution in [3.63, 3.8) is 0 Å². The van der Waals surface area contributed by atoms with Gasteiger partial charge < -0.3 is 5.11 Å². The number of hydrogen-bond acceptors (Lipinski definition) is 1. The van der Waals surface area contributed by atoms with E-state index in [-0.39, 0.29) is 0 Å². The highest BCUT2D eigenvalue weighted by Gasteiger charge is 2.14. The normalized spacial score (nSPS) is 28.5. The lowest BCUT2D eigenvalue weighted by Crippen LogP contribution is -2.12. The average Bonchev–Trinajstić information content (AvgIpc) is 2.23. The Bertz CT molecular complexity index is 286. The second kappa shape index (κ2) is 6.05. The van der Waals surface area contributed by atoms with Crippen molar-refractivity contribution in [2.24, 2.45) is 11.8 Å². The van der Waals surface area contributed by atoms with Crippen LogP contribution in [0.2, 0.25) is 0 Å². The first kappa shape index (κ1) is 13.2. The Kier molecular flexibility index (Phi) is 5.01. The first-order valence-corrected chi connectivity index (χ1v) is 6.22. The van der Waals surface area contributed by atoms with E-state index in [1.165, 1.54) is 5.57 Å². The van der Waals surface area contributed by atoms with Crippen molar-refractivity contribution in [2.75, 3.05) is 0 Å². The molecule has 1 aliphatic carbocycles. The van der Waals surface area contributed by atoms with Gasteiger partial charge in [0.25, 0.3) is 0 Å². The summed E-state index contributed by atoms with van der Waals surface area (Å²) in [5, 5.41) is 9.85. The van der Waals surface area contributed by atoms with Gasteiger partial charge in [0.2, 0.25) is 0 Å². The lowest BCUT2D eigenvalue weighted by molar-refractivity contribution is 0.203. The minimum Gasteiger partial charge on any atom is -0.388 e. The van der Waals surface area contributed by atoms with Crippen LogP contribution in [-0.2, 0) is 0 Å². The lowest BCUT2D eigenvalue weighted by Gasteiger charge is -2.21. The van der Waals surface area contributed by atoms with Crippen LogP contribution in [0.5, 0.6) is 0 Å². The van der Waals surface area contributed by atoms with Gasteiger partial charge in [0, 0.05) is 0 Å². The third-order valence-corrected chi connectivity index (χ3v) is 3.44. The molecule has 1 rings (SSSR count). The molecular weight excluding hydrogens is 196 g/mol. The Labute approximate surface area is 99.6 Å². The summed E-state index contributed by atoms with van der Waals surface area (Å²) in [4.78, 5) is 0. The number of aliphatic hydroxyl groups excluding tert-OH is 1. The largest absolute Gasteiger partial charge is 0.388 e. The summed E-state index contributed by atoms with van der Waals surface area (Å²) in [5.74, 6) is 1.20. The molecule has 90 valence electrons. The van der Waals surface area contributed by atoms with Gasteiger partial charge in [-0.05, 0) is 43.1 Å². The Balaban J connectivity index is 2.77. The second-order valence-electron chi connectivity index (χ2n) is 5.19. The van der Waals surface area contributed by atoms with Crippen molar-refractivity contribution in [2.45, 2.75) is 45.6 Å². The van der Waals surface area contributed by atoms with Crippen LogP contribution in [0, 0.1) is 11.8 Å². The van der Waals surface area contributed by atoms with Gasteiger partial charge in [-0.25, -0.2) is 0 Å². The quantitative estimate of drug-likeness (QED) is 0.665. The molecule has 1 N–H and O–H groups in total. The molecule has 0 aromatic carbocycles. The molecular formula is C15H24O. The molecule has 0 saturated carbocycles. The molecule has 0 aliphatic heterocycles. The molecule has 0 aromatic rings. The van der Waals surface area contributed by atoms with Crippen LogP contribution in [0.15, 0.2) is 36.5 Å². The Morgan fingerprint density at radius 2 is 1.88 bits per heavy atom. The highest BCUT2D eigenvalue weighted by Crippen LogP contribution is 2.25. The summed E-state index contributed by atoms with van der Waals surface area (Å²) in [6.07, 6.45) is 7.72. The SMILES string of the molecule is C=C1CCC(O)C(=C)C=CC(C(C)C)CC1. The second-order valence-corrected chi connectivity index (χ2v) is 5.19. The third kappa shape index (κ3) is 3.97. The van der Waals surface area contributed by atoms with E-state index in [0.29, 0.717) is 11.8 Å². The van der Waals surface area contributed by atoms with Crippen molar-refractivity contribution in [1.82, 2.24) is 0 Å². The zero-order valence-electron chi connectivity index (χ0n) is 10.6. The summed E-state index contributed by atoms with van der Waals surface area (Å²) < 4.78 is 0. The summed E-state index contributed by atoms with van der Waals surface area (Å²) in [6, 6.07) is 0. The standard InChI is InChI=1S/C15H24O/c1-11(2)14-8-5-12(3)6-10-15(16)13(4)7-9-14/h7,9,11,14-16H,3-6,8,10H2,1-2H3. The maximum Gasteiger partial charge on any atom is 0.0787 e. The minimum absolute atomic E-state index is 0.404. The maximum absolute atomic E-state index is 9.85. The molecule has 1 aliphatic rings.